The van der Waals surface area contributed by atoms with Gasteiger partial charge in [0.2, 0.25) is 0 Å². The van der Waals surface area contributed by atoms with Crippen LogP contribution in [0.1, 0.15) is 33.5 Å². The number of fused-ring (bicyclic) bond motifs is 1. The molecule has 30 heavy (non-hydrogen) atoms. The number of guanidine groups is 1. The maximum atomic E-state index is 12.1. The van der Waals surface area contributed by atoms with E-state index in [0.29, 0.717) is 11.8 Å². The molecule has 0 saturated carbocycles. The topological polar surface area (TPSA) is 168 Å². The van der Waals surface area contributed by atoms with Gasteiger partial charge in [-0.1, -0.05) is 41.6 Å². The van der Waals surface area contributed by atoms with Crippen molar-refractivity contribution in [2.24, 2.45) is 21.6 Å². The van der Waals surface area contributed by atoms with Crippen LogP contribution in [0.3, 0.4) is 0 Å². The van der Waals surface area contributed by atoms with Crippen molar-refractivity contribution in [1.82, 2.24) is 0 Å². The van der Waals surface area contributed by atoms with Crippen molar-refractivity contribution in [3.8, 4) is 0 Å². The number of oxime groups is 1. The number of benzene rings is 2. The Bertz CT molecular complexity index is 1130. The Morgan fingerprint density at radius 3 is 2.40 bits per heavy atom. The molecule has 0 aliphatic heterocycles. The number of allylic oxidation sites excluding steroid dienone is 1. The van der Waals surface area contributed by atoms with E-state index in [1.165, 1.54) is 11.8 Å². The summed E-state index contributed by atoms with van der Waals surface area (Å²) in [5, 5.41) is 12.2. The molecule has 9 nitrogen and oxygen atoms in total. The van der Waals surface area contributed by atoms with Gasteiger partial charge in [-0.25, -0.2) is 0 Å². The lowest BCUT2D eigenvalue weighted by Gasteiger charge is -2.22. The van der Waals surface area contributed by atoms with Gasteiger partial charge in [-0.05, 0) is 52.8 Å². The predicted octanol–water partition coefficient (Wildman–Crippen LogP) is 1.81. The molecule has 0 atom stereocenters. The third-order valence-corrected chi connectivity index (χ3v) is 4.11. The van der Waals surface area contributed by atoms with Crippen molar-refractivity contribution in [3.63, 3.8) is 0 Å². The van der Waals surface area contributed by atoms with Crippen molar-refractivity contribution in [2.45, 2.75) is 12.8 Å². The van der Waals surface area contributed by atoms with Crippen LogP contribution in [0.25, 0.3) is 5.57 Å². The molecule has 0 aromatic heterocycles. The first kappa shape index (κ1) is 22.8. The zero-order valence-electron chi connectivity index (χ0n) is 16.2. The first-order chi connectivity index (χ1) is 14.1. The summed E-state index contributed by atoms with van der Waals surface area (Å²) < 4.78 is 25.9. The minimum absolute atomic E-state index is 0.272. The summed E-state index contributed by atoms with van der Waals surface area (Å²) in [5.74, 6) is -0.769. The van der Waals surface area contributed by atoms with Gasteiger partial charge in [0, 0.05) is 5.56 Å². The van der Waals surface area contributed by atoms with Gasteiger partial charge >= 0.3 is 0 Å². The van der Waals surface area contributed by atoms with Crippen molar-refractivity contribution in [2.75, 3.05) is 6.26 Å². The van der Waals surface area contributed by atoms with Gasteiger partial charge in [-0.3, -0.25) is 9.35 Å². The zero-order valence-corrected chi connectivity index (χ0v) is 17.0. The molecular formula is C20H22N4O5S. The van der Waals surface area contributed by atoms with Gasteiger partial charge in [0.05, 0.1) is 12.5 Å². The number of carbonyl (C=O) groups excluding carboxylic acids is 1. The molecule has 0 unspecified atom stereocenters. The van der Waals surface area contributed by atoms with E-state index >= 15 is 0 Å². The summed E-state index contributed by atoms with van der Waals surface area (Å²) in [7, 11) is -3.67. The SMILES string of the molecule is CS(=O)(=O)O.NC(N)=NC(=O)c1cccc(C2=C(C=NO)CCc3ccccc32)c1. The number of aryl methyl sites for hydroxylation is 1. The van der Waals surface area contributed by atoms with Crippen LogP contribution >= 0.6 is 0 Å². The zero-order chi connectivity index (χ0) is 22.3. The standard InChI is InChI=1S/C19H18N4O2.CH4O3S/c20-19(21)23-18(24)14-6-3-5-13(10-14)17-15(11-22-25)9-8-12-4-1-2-7-16(12)17;1-5(2,3)4/h1-7,10-11,25H,8-9H2,(H4,20,21,23,24);1H3,(H,2,3,4). The molecule has 0 bridgehead atoms. The molecule has 0 saturated heterocycles. The number of amides is 1. The summed E-state index contributed by atoms with van der Waals surface area (Å²) in [6.45, 7) is 0. The van der Waals surface area contributed by atoms with Crippen LogP contribution in [-0.4, -0.2) is 42.5 Å². The monoisotopic (exact) mass is 430 g/mol. The van der Waals surface area contributed by atoms with Crippen LogP contribution in [0.15, 0.2) is 64.3 Å². The van der Waals surface area contributed by atoms with E-state index in [1.54, 1.807) is 18.2 Å². The number of rotatable bonds is 3. The van der Waals surface area contributed by atoms with Crippen molar-refractivity contribution < 1.29 is 23.0 Å². The highest BCUT2D eigenvalue weighted by Crippen LogP contribution is 2.35. The minimum Gasteiger partial charge on any atom is -0.411 e. The van der Waals surface area contributed by atoms with Crippen LogP contribution in [-0.2, 0) is 16.5 Å². The molecule has 0 fully saturated rings. The summed E-state index contributed by atoms with van der Waals surface area (Å²) in [6.07, 6.45) is 3.79. The molecule has 0 heterocycles. The average molecular weight is 430 g/mol. The molecule has 6 N–H and O–H groups in total. The van der Waals surface area contributed by atoms with Crippen LogP contribution in [0.2, 0.25) is 0 Å². The van der Waals surface area contributed by atoms with Gasteiger partial charge in [0.25, 0.3) is 16.0 Å². The first-order valence-corrected chi connectivity index (χ1v) is 10.6. The molecular weight excluding hydrogens is 408 g/mol. The molecule has 158 valence electrons. The Morgan fingerprint density at radius 1 is 1.10 bits per heavy atom. The van der Waals surface area contributed by atoms with Gasteiger partial charge < -0.3 is 16.7 Å². The minimum atomic E-state index is -3.67. The van der Waals surface area contributed by atoms with Crippen molar-refractivity contribution >= 4 is 33.8 Å². The van der Waals surface area contributed by atoms with Gasteiger partial charge in [0.1, 0.15) is 0 Å². The first-order valence-electron chi connectivity index (χ1n) is 8.76. The summed E-state index contributed by atoms with van der Waals surface area (Å²) in [6, 6.07) is 15.2. The number of carbonyl (C=O) groups is 1. The summed E-state index contributed by atoms with van der Waals surface area (Å²) in [4.78, 5) is 15.7. The molecule has 2 aromatic rings. The van der Waals surface area contributed by atoms with E-state index in [1.807, 2.05) is 24.3 Å². The molecule has 1 amide bonds. The van der Waals surface area contributed by atoms with Crippen LogP contribution in [0.5, 0.6) is 0 Å². The fourth-order valence-corrected chi connectivity index (χ4v) is 3.08. The van der Waals surface area contributed by atoms with Gasteiger partial charge in [-0.15, -0.1) is 0 Å². The second kappa shape index (κ2) is 9.81. The number of nitrogens with two attached hydrogens (primary N) is 2. The normalized spacial score (nSPS) is 13.3. The summed E-state index contributed by atoms with van der Waals surface area (Å²) >= 11 is 0. The van der Waals surface area contributed by atoms with E-state index in [4.69, 9.17) is 21.2 Å². The molecule has 2 aromatic carbocycles. The van der Waals surface area contributed by atoms with E-state index < -0.39 is 16.0 Å². The second-order valence-electron chi connectivity index (χ2n) is 6.46. The fourth-order valence-electron chi connectivity index (χ4n) is 3.08. The number of nitrogens with zero attached hydrogens (tertiary/aromatic N) is 2. The molecule has 1 aliphatic rings. The van der Waals surface area contributed by atoms with Crippen LogP contribution in [0, 0.1) is 0 Å². The Kier molecular flexibility index (Phi) is 7.45. The van der Waals surface area contributed by atoms with E-state index in [0.717, 1.165) is 35.1 Å². The predicted molar refractivity (Wildman–Crippen MR) is 115 cm³/mol. The van der Waals surface area contributed by atoms with E-state index in [9.17, 15) is 13.2 Å². The van der Waals surface area contributed by atoms with E-state index in [-0.39, 0.29) is 5.96 Å². The maximum Gasteiger partial charge on any atom is 0.280 e. The number of aliphatic imine (C=N–C) groups is 1. The highest BCUT2D eigenvalue weighted by molar-refractivity contribution is 7.85. The Morgan fingerprint density at radius 2 is 1.77 bits per heavy atom. The largest absolute Gasteiger partial charge is 0.411 e. The van der Waals surface area contributed by atoms with Crippen LogP contribution in [0.4, 0.5) is 0 Å². The molecule has 1 aliphatic carbocycles. The highest BCUT2D eigenvalue weighted by Gasteiger charge is 2.20. The lowest BCUT2D eigenvalue weighted by Crippen LogP contribution is -2.24. The van der Waals surface area contributed by atoms with Crippen molar-refractivity contribution in [1.29, 1.82) is 0 Å². The highest BCUT2D eigenvalue weighted by atomic mass is 32.2. The lowest BCUT2D eigenvalue weighted by atomic mass is 9.82. The Balaban J connectivity index is 0.000000575. The maximum absolute atomic E-state index is 12.1. The third kappa shape index (κ3) is 6.54. The summed E-state index contributed by atoms with van der Waals surface area (Å²) in [5.41, 5.74) is 15.9. The Hall–Kier alpha value is -3.50. The Labute approximate surface area is 174 Å². The quantitative estimate of drug-likeness (QED) is 0.189. The third-order valence-electron chi connectivity index (χ3n) is 4.11. The number of hydrogen-bond acceptors (Lipinski definition) is 5. The second-order valence-corrected chi connectivity index (χ2v) is 7.92. The molecule has 10 heteroatoms. The average Bonchev–Trinajstić information content (AvgIpc) is 2.66. The fraction of sp³-hybridized carbons (Fsp3) is 0.150. The lowest BCUT2D eigenvalue weighted by molar-refractivity contribution is 0.100. The number of hydrogen-bond donors (Lipinski definition) is 4. The molecule has 3 rings (SSSR count). The van der Waals surface area contributed by atoms with E-state index in [2.05, 4.69) is 16.2 Å². The molecule has 0 spiro atoms. The van der Waals surface area contributed by atoms with Gasteiger partial charge in [0.15, 0.2) is 5.96 Å². The van der Waals surface area contributed by atoms with Crippen LogP contribution < -0.4 is 11.5 Å². The smallest absolute Gasteiger partial charge is 0.280 e. The van der Waals surface area contributed by atoms with Gasteiger partial charge in [-0.2, -0.15) is 13.4 Å². The van der Waals surface area contributed by atoms with Crippen molar-refractivity contribution in [3.05, 3.63) is 76.4 Å². The molecule has 0 radical (unpaired) electrons.